The molecule has 7 nitrogen and oxygen atoms in total. The molecule has 126 valence electrons. The Hall–Kier alpha value is -2.48. The highest BCUT2D eigenvalue weighted by molar-refractivity contribution is 7.20. The molecule has 3 aromatic rings. The number of hydrogen-bond acceptors (Lipinski definition) is 6. The molecular weight excluding hydrogens is 326 g/mol. The lowest BCUT2D eigenvalue weighted by Gasteiger charge is -2.05. The highest BCUT2D eigenvalue weighted by Crippen LogP contribution is 2.20. The number of aromatic nitrogens is 4. The number of nitrogens with zero attached hydrogens (tertiary/aromatic N) is 4. The first-order chi connectivity index (χ1) is 11.5. The molecule has 0 aliphatic heterocycles. The average molecular weight is 345 g/mol. The van der Waals surface area contributed by atoms with E-state index < -0.39 is 0 Å². The molecule has 0 radical (unpaired) electrons. The van der Waals surface area contributed by atoms with Crippen molar-refractivity contribution in [3.63, 3.8) is 0 Å². The van der Waals surface area contributed by atoms with Crippen molar-refractivity contribution in [3.8, 4) is 5.75 Å². The monoisotopic (exact) mass is 345 g/mol. The van der Waals surface area contributed by atoms with Crippen LogP contribution < -0.4 is 10.1 Å². The smallest absolute Gasteiger partial charge is 0.264 e. The van der Waals surface area contributed by atoms with Crippen molar-refractivity contribution < 1.29 is 9.53 Å². The maximum absolute atomic E-state index is 12.0. The van der Waals surface area contributed by atoms with Crippen molar-refractivity contribution >= 4 is 27.3 Å². The normalized spacial score (nSPS) is 11.2. The maximum atomic E-state index is 12.0. The van der Waals surface area contributed by atoms with E-state index in [-0.39, 0.29) is 12.5 Å². The number of fused-ring (bicyclic) bond motifs is 1. The molecule has 0 aliphatic rings. The second-order valence-electron chi connectivity index (χ2n) is 5.97. The van der Waals surface area contributed by atoms with E-state index in [2.05, 4.69) is 34.5 Å². The summed E-state index contributed by atoms with van der Waals surface area (Å²) < 4.78 is 7.14. The minimum absolute atomic E-state index is 0.0674. The van der Waals surface area contributed by atoms with Gasteiger partial charge in [0.15, 0.2) is 12.4 Å². The van der Waals surface area contributed by atoms with Crippen LogP contribution in [0.2, 0.25) is 0 Å². The van der Waals surface area contributed by atoms with Gasteiger partial charge < -0.3 is 4.74 Å². The first-order valence-electron chi connectivity index (χ1n) is 7.71. The zero-order valence-corrected chi connectivity index (χ0v) is 14.6. The Morgan fingerprint density at radius 3 is 2.75 bits per heavy atom. The average Bonchev–Trinajstić information content (AvgIpc) is 3.08. The highest BCUT2D eigenvalue weighted by Gasteiger charge is 2.14. The molecular formula is C16H19N5O2S. The molecule has 0 saturated carbocycles. The minimum Gasteiger partial charge on any atom is -0.484 e. The molecule has 1 aromatic carbocycles. The zero-order chi connectivity index (χ0) is 17.1. The summed E-state index contributed by atoms with van der Waals surface area (Å²) in [5.41, 5.74) is 1.14. The number of nitrogens with one attached hydrogen (secondary N) is 1. The molecule has 0 spiro atoms. The summed E-state index contributed by atoms with van der Waals surface area (Å²) in [5, 5.41) is 15.8. The van der Waals surface area contributed by atoms with E-state index in [1.165, 1.54) is 11.3 Å². The van der Waals surface area contributed by atoms with Crippen LogP contribution in [0.5, 0.6) is 5.75 Å². The molecule has 0 unspecified atom stereocenters. The van der Waals surface area contributed by atoms with Gasteiger partial charge in [0, 0.05) is 6.42 Å². The van der Waals surface area contributed by atoms with Crippen LogP contribution in [0.25, 0.3) is 4.96 Å². The maximum Gasteiger partial charge on any atom is 0.264 e. The van der Waals surface area contributed by atoms with E-state index in [0.717, 1.165) is 17.8 Å². The SMILES string of the molecule is Cc1ccc(OCC(=O)Nc2nn3c(CC(C)C)nnc3s2)cc1. The number of carbonyl (C=O) groups excluding carboxylic acids is 1. The van der Waals surface area contributed by atoms with Gasteiger partial charge in [0.1, 0.15) is 5.75 Å². The van der Waals surface area contributed by atoms with Gasteiger partial charge in [-0.25, -0.2) is 0 Å². The molecule has 0 atom stereocenters. The third-order valence-electron chi connectivity index (χ3n) is 3.28. The molecule has 2 aromatic heterocycles. The van der Waals surface area contributed by atoms with Crippen molar-refractivity contribution in [1.82, 2.24) is 19.8 Å². The summed E-state index contributed by atoms with van der Waals surface area (Å²) in [6.07, 6.45) is 0.787. The van der Waals surface area contributed by atoms with Gasteiger partial charge in [0.05, 0.1) is 0 Å². The fourth-order valence-corrected chi connectivity index (χ4v) is 2.91. The van der Waals surface area contributed by atoms with Crippen LogP contribution in [0, 0.1) is 12.8 Å². The summed E-state index contributed by atoms with van der Waals surface area (Å²) in [4.78, 5) is 12.7. The molecule has 1 N–H and O–H groups in total. The van der Waals surface area contributed by atoms with Crippen LogP contribution in [0.4, 0.5) is 5.13 Å². The van der Waals surface area contributed by atoms with Crippen molar-refractivity contribution in [2.45, 2.75) is 27.2 Å². The first kappa shape index (κ1) is 16.4. The number of rotatable bonds is 6. The van der Waals surface area contributed by atoms with Gasteiger partial charge in [-0.1, -0.05) is 42.9 Å². The van der Waals surface area contributed by atoms with Crippen LogP contribution in [0.15, 0.2) is 24.3 Å². The van der Waals surface area contributed by atoms with E-state index in [1.54, 1.807) is 4.52 Å². The number of ether oxygens (including phenoxy) is 1. The predicted molar refractivity (Wildman–Crippen MR) is 92.5 cm³/mol. The Labute approximate surface area is 143 Å². The molecule has 0 fully saturated rings. The summed E-state index contributed by atoms with van der Waals surface area (Å²) in [5.74, 6) is 1.66. The van der Waals surface area contributed by atoms with Gasteiger partial charge in [0.25, 0.3) is 5.91 Å². The van der Waals surface area contributed by atoms with E-state index in [1.807, 2.05) is 31.2 Å². The molecule has 24 heavy (non-hydrogen) atoms. The Morgan fingerprint density at radius 1 is 1.29 bits per heavy atom. The third kappa shape index (κ3) is 3.88. The Morgan fingerprint density at radius 2 is 2.04 bits per heavy atom. The van der Waals surface area contributed by atoms with Gasteiger partial charge in [-0.15, -0.1) is 15.3 Å². The first-order valence-corrected chi connectivity index (χ1v) is 8.53. The molecule has 3 rings (SSSR count). The molecule has 1 amide bonds. The zero-order valence-electron chi connectivity index (χ0n) is 13.8. The number of anilines is 1. The number of amides is 1. The summed E-state index contributed by atoms with van der Waals surface area (Å²) >= 11 is 1.29. The Bertz CT molecular complexity index is 838. The van der Waals surface area contributed by atoms with Crippen LogP contribution >= 0.6 is 11.3 Å². The standard InChI is InChI=1S/C16H19N5O2S/c1-10(2)8-13-18-19-16-21(13)20-15(24-16)17-14(22)9-23-12-6-4-11(3)5-7-12/h4-7,10H,8-9H2,1-3H3,(H,17,20,22). The quantitative estimate of drug-likeness (QED) is 0.743. The number of aryl methyl sites for hydroxylation is 1. The third-order valence-corrected chi connectivity index (χ3v) is 4.10. The minimum atomic E-state index is -0.258. The largest absolute Gasteiger partial charge is 0.484 e. The predicted octanol–water partition coefficient (Wildman–Crippen LogP) is 2.71. The van der Waals surface area contributed by atoms with Crippen LogP contribution in [-0.4, -0.2) is 32.3 Å². The van der Waals surface area contributed by atoms with E-state index in [9.17, 15) is 4.79 Å². The summed E-state index contributed by atoms with van der Waals surface area (Å²) in [6.45, 7) is 6.15. The van der Waals surface area contributed by atoms with E-state index in [0.29, 0.717) is 21.8 Å². The van der Waals surface area contributed by atoms with Crippen LogP contribution in [0.3, 0.4) is 0 Å². The lowest BCUT2D eigenvalue weighted by molar-refractivity contribution is -0.118. The number of hydrogen-bond donors (Lipinski definition) is 1. The fraction of sp³-hybridized carbons (Fsp3) is 0.375. The highest BCUT2D eigenvalue weighted by atomic mass is 32.1. The van der Waals surface area contributed by atoms with Gasteiger partial charge in [-0.2, -0.15) is 4.52 Å². The van der Waals surface area contributed by atoms with Crippen molar-refractivity contribution in [2.24, 2.45) is 5.92 Å². The Balaban J connectivity index is 1.60. The number of benzene rings is 1. The molecule has 0 bridgehead atoms. The molecule has 8 heteroatoms. The van der Waals surface area contributed by atoms with E-state index >= 15 is 0 Å². The van der Waals surface area contributed by atoms with Crippen molar-refractivity contribution in [3.05, 3.63) is 35.7 Å². The van der Waals surface area contributed by atoms with Gasteiger partial charge in [0.2, 0.25) is 10.1 Å². The molecule has 0 saturated heterocycles. The van der Waals surface area contributed by atoms with Crippen molar-refractivity contribution in [2.75, 3.05) is 11.9 Å². The van der Waals surface area contributed by atoms with E-state index in [4.69, 9.17) is 4.74 Å². The van der Waals surface area contributed by atoms with Crippen LogP contribution in [-0.2, 0) is 11.2 Å². The fourth-order valence-electron chi connectivity index (χ4n) is 2.14. The van der Waals surface area contributed by atoms with Gasteiger partial charge in [-0.3, -0.25) is 10.1 Å². The molecule has 2 heterocycles. The lowest BCUT2D eigenvalue weighted by Crippen LogP contribution is -2.20. The Kier molecular flexibility index (Phi) is 4.75. The molecule has 0 aliphatic carbocycles. The second-order valence-corrected chi connectivity index (χ2v) is 6.92. The van der Waals surface area contributed by atoms with Crippen LogP contribution in [0.1, 0.15) is 25.2 Å². The topological polar surface area (TPSA) is 81.4 Å². The van der Waals surface area contributed by atoms with Gasteiger partial charge in [-0.05, 0) is 25.0 Å². The second kappa shape index (κ2) is 6.96. The number of carbonyl (C=O) groups is 1. The van der Waals surface area contributed by atoms with Crippen molar-refractivity contribution in [1.29, 1.82) is 0 Å². The lowest BCUT2D eigenvalue weighted by atomic mass is 10.1. The van der Waals surface area contributed by atoms with Gasteiger partial charge >= 0.3 is 0 Å². The summed E-state index contributed by atoms with van der Waals surface area (Å²) in [6, 6.07) is 7.55. The summed E-state index contributed by atoms with van der Waals surface area (Å²) in [7, 11) is 0.